The minimum atomic E-state index is 0.175. The van der Waals surface area contributed by atoms with Gasteiger partial charge < -0.3 is 4.90 Å². The molecular formula is C13H17BrN2O. The van der Waals surface area contributed by atoms with Crippen molar-refractivity contribution in [2.45, 2.75) is 26.7 Å². The van der Waals surface area contributed by atoms with Gasteiger partial charge in [0.25, 0.3) is 0 Å². The maximum absolute atomic E-state index is 11.4. The third-order valence-corrected chi connectivity index (χ3v) is 4.17. The topological polar surface area (TPSA) is 33.2 Å². The second kappa shape index (κ2) is 5.17. The van der Waals surface area contributed by atoms with Gasteiger partial charge >= 0.3 is 0 Å². The van der Waals surface area contributed by atoms with Gasteiger partial charge in [0.05, 0.1) is 5.69 Å². The Kier molecular flexibility index (Phi) is 3.82. The van der Waals surface area contributed by atoms with Gasteiger partial charge in [-0.05, 0) is 54.8 Å². The fraction of sp³-hybridized carbons (Fsp3) is 0.538. The second-order valence-corrected chi connectivity index (χ2v) is 5.49. The molecule has 0 radical (unpaired) electrons. The number of carbonyl (C=O) groups is 1. The smallest absolute Gasteiger partial charge is 0.134 e. The van der Waals surface area contributed by atoms with E-state index in [4.69, 9.17) is 0 Å². The van der Waals surface area contributed by atoms with Gasteiger partial charge in [0.1, 0.15) is 11.6 Å². The van der Waals surface area contributed by atoms with Crippen LogP contribution in [0.4, 0.5) is 5.82 Å². The van der Waals surface area contributed by atoms with Crippen LogP contribution in [-0.2, 0) is 4.79 Å². The first-order valence-corrected chi connectivity index (χ1v) is 6.76. The molecule has 4 heteroatoms. The first kappa shape index (κ1) is 12.6. The van der Waals surface area contributed by atoms with Crippen LogP contribution in [0.2, 0.25) is 0 Å². The van der Waals surface area contributed by atoms with E-state index in [1.165, 1.54) is 0 Å². The fourth-order valence-electron chi connectivity index (χ4n) is 2.22. The zero-order valence-electron chi connectivity index (χ0n) is 10.2. The number of pyridine rings is 1. The van der Waals surface area contributed by atoms with E-state index in [0.29, 0.717) is 5.78 Å². The number of rotatable bonds is 2. The van der Waals surface area contributed by atoms with Crippen LogP contribution in [0.3, 0.4) is 0 Å². The molecule has 92 valence electrons. The van der Waals surface area contributed by atoms with Gasteiger partial charge in [-0.2, -0.15) is 0 Å². The van der Waals surface area contributed by atoms with Gasteiger partial charge in [-0.3, -0.25) is 4.79 Å². The molecule has 0 bridgehead atoms. The summed E-state index contributed by atoms with van der Waals surface area (Å²) in [4.78, 5) is 18.2. The Hall–Kier alpha value is -0.900. The molecule has 1 aliphatic rings. The summed E-state index contributed by atoms with van der Waals surface area (Å²) >= 11 is 3.45. The molecule has 3 nitrogen and oxygen atoms in total. The van der Waals surface area contributed by atoms with Crippen molar-refractivity contribution in [3.63, 3.8) is 0 Å². The Labute approximate surface area is 110 Å². The van der Waals surface area contributed by atoms with E-state index >= 15 is 0 Å². The van der Waals surface area contributed by atoms with Crippen LogP contribution in [-0.4, -0.2) is 23.9 Å². The Morgan fingerprint density at radius 1 is 1.53 bits per heavy atom. The molecule has 0 spiro atoms. The minimum absolute atomic E-state index is 0.175. The molecule has 1 unspecified atom stereocenters. The van der Waals surface area contributed by atoms with E-state index in [1.807, 2.05) is 19.1 Å². The van der Waals surface area contributed by atoms with Crippen LogP contribution in [0.5, 0.6) is 0 Å². The highest BCUT2D eigenvalue weighted by Gasteiger charge is 2.23. The maximum atomic E-state index is 11.4. The van der Waals surface area contributed by atoms with Crippen molar-refractivity contribution in [2.75, 3.05) is 18.0 Å². The molecule has 2 heterocycles. The number of aryl methyl sites for hydroxylation is 1. The quantitative estimate of drug-likeness (QED) is 0.841. The monoisotopic (exact) mass is 296 g/mol. The van der Waals surface area contributed by atoms with E-state index in [9.17, 15) is 4.79 Å². The molecule has 1 aliphatic heterocycles. The van der Waals surface area contributed by atoms with E-state index < -0.39 is 0 Å². The summed E-state index contributed by atoms with van der Waals surface area (Å²) in [6, 6.07) is 4.04. The summed E-state index contributed by atoms with van der Waals surface area (Å²) in [5, 5.41) is 0. The van der Waals surface area contributed by atoms with Gasteiger partial charge in [0, 0.05) is 23.5 Å². The third kappa shape index (κ3) is 2.86. The fourth-order valence-corrected chi connectivity index (χ4v) is 2.44. The van der Waals surface area contributed by atoms with Gasteiger partial charge in [0.2, 0.25) is 0 Å². The van der Waals surface area contributed by atoms with Gasteiger partial charge in [-0.15, -0.1) is 0 Å². The van der Waals surface area contributed by atoms with Crippen molar-refractivity contribution in [3.8, 4) is 0 Å². The number of halogens is 1. The molecule has 0 aromatic carbocycles. The SMILES string of the molecule is CC(=O)C1CCCN(c2ccc(Br)c(C)n2)C1. The molecule has 0 N–H and O–H groups in total. The van der Waals surface area contributed by atoms with E-state index in [-0.39, 0.29) is 5.92 Å². The normalized spacial score (nSPS) is 20.4. The molecule has 0 amide bonds. The average Bonchev–Trinajstić information content (AvgIpc) is 2.33. The maximum Gasteiger partial charge on any atom is 0.134 e. The summed E-state index contributed by atoms with van der Waals surface area (Å²) in [5.41, 5.74) is 0.993. The lowest BCUT2D eigenvalue weighted by atomic mass is 9.94. The molecule has 0 aliphatic carbocycles. The Morgan fingerprint density at radius 3 is 2.94 bits per heavy atom. The Balaban J connectivity index is 2.16. The third-order valence-electron chi connectivity index (χ3n) is 3.33. The minimum Gasteiger partial charge on any atom is -0.356 e. The van der Waals surface area contributed by atoms with Gasteiger partial charge in [0.15, 0.2) is 0 Å². The Bertz CT molecular complexity index is 433. The number of nitrogens with zero attached hydrogens (tertiary/aromatic N) is 2. The predicted molar refractivity (Wildman–Crippen MR) is 72.3 cm³/mol. The van der Waals surface area contributed by atoms with E-state index in [0.717, 1.165) is 41.9 Å². The number of anilines is 1. The van der Waals surface area contributed by atoms with Crippen molar-refractivity contribution in [3.05, 3.63) is 22.3 Å². The summed E-state index contributed by atoms with van der Waals surface area (Å²) < 4.78 is 1.03. The number of carbonyl (C=O) groups excluding carboxylic acids is 1. The first-order chi connectivity index (χ1) is 8.08. The van der Waals surface area contributed by atoms with Crippen LogP contribution in [0.15, 0.2) is 16.6 Å². The van der Waals surface area contributed by atoms with E-state index in [2.05, 4.69) is 25.8 Å². The van der Waals surface area contributed by atoms with Gasteiger partial charge in [-0.1, -0.05) is 0 Å². The number of ketones is 1. The molecule has 1 fully saturated rings. The summed E-state index contributed by atoms with van der Waals surface area (Å²) in [6.07, 6.45) is 2.09. The van der Waals surface area contributed by atoms with Crippen LogP contribution in [0.1, 0.15) is 25.5 Å². The lowest BCUT2D eigenvalue weighted by molar-refractivity contribution is -0.120. The number of hydrogen-bond acceptors (Lipinski definition) is 3. The number of aromatic nitrogens is 1. The second-order valence-electron chi connectivity index (χ2n) is 4.63. The van der Waals surface area contributed by atoms with Crippen molar-refractivity contribution in [1.29, 1.82) is 0 Å². The van der Waals surface area contributed by atoms with Crippen molar-refractivity contribution >= 4 is 27.5 Å². The highest BCUT2D eigenvalue weighted by atomic mass is 79.9. The van der Waals surface area contributed by atoms with Crippen molar-refractivity contribution in [2.24, 2.45) is 5.92 Å². The number of hydrogen-bond donors (Lipinski definition) is 0. The molecule has 1 saturated heterocycles. The molecule has 17 heavy (non-hydrogen) atoms. The highest BCUT2D eigenvalue weighted by molar-refractivity contribution is 9.10. The lowest BCUT2D eigenvalue weighted by Crippen LogP contribution is -2.38. The van der Waals surface area contributed by atoms with Crippen molar-refractivity contribution in [1.82, 2.24) is 4.98 Å². The zero-order valence-corrected chi connectivity index (χ0v) is 11.8. The standard InChI is InChI=1S/C13H17BrN2O/c1-9-12(14)5-6-13(15-9)16-7-3-4-11(8-16)10(2)17/h5-6,11H,3-4,7-8H2,1-2H3. The predicted octanol–water partition coefficient (Wildman–Crippen LogP) is 2.96. The summed E-state index contributed by atoms with van der Waals surface area (Å²) in [6.45, 7) is 5.48. The summed E-state index contributed by atoms with van der Waals surface area (Å²) in [7, 11) is 0. The van der Waals surface area contributed by atoms with Crippen LogP contribution in [0, 0.1) is 12.8 Å². The first-order valence-electron chi connectivity index (χ1n) is 5.96. The Morgan fingerprint density at radius 2 is 2.29 bits per heavy atom. The lowest BCUT2D eigenvalue weighted by Gasteiger charge is -2.32. The number of piperidine rings is 1. The van der Waals surface area contributed by atoms with Gasteiger partial charge in [-0.25, -0.2) is 4.98 Å². The van der Waals surface area contributed by atoms with Crippen LogP contribution in [0.25, 0.3) is 0 Å². The number of Topliss-reactive ketones (excluding diaryl/α,β-unsaturated/α-hetero) is 1. The molecule has 1 atom stereocenters. The molecule has 1 aromatic heterocycles. The van der Waals surface area contributed by atoms with Crippen molar-refractivity contribution < 1.29 is 4.79 Å². The molecular weight excluding hydrogens is 280 g/mol. The molecule has 2 rings (SSSR count). The van der Waals surface area contributed by atoms with Crippen LogP contribution < -0.4 is 4.90 Å². The summed E-state index contributed by atoms with van der Waals surface area (Å²) in [5.74, 6) is 1.45. The van der Waals surface area contributed by atoms with Crippen LogP contribution >= 0.6 is 15.9 Å². The molecule has 0 saturated carbocycles. The molecule has 1 aromatic rings. The zero-order chi connectivity index (χ0) is 12.4. The highest BCUT2D eigenvalue weighted by Crippen LogP contribution is 2.24. The largest absolute Gasteiger partial charge is 0.356 e. The van der Waals surface area contributed by atoms with E-state index in [1.54, 1.807) is 6.92 Å². The average molecular weight is 297 g/mol.